The second-order valence-corrected chi connectivity index (χ2v) is 8.29. The molecule has 1 amide bonds. The van der Waals surface area contributed by atoms with Crippen LogP contribution in [-0.2, 0) is 27.4 Å². The molecular formula is C23H31N3O4. The summed E-state index contributed by atoms with van der Waals surface area (Å²) in [5.41, 5.74) is 0.900. The zero-order valence-electron chi connectivity index (χ0n) is 17.7. The predicted octanol–water partition coefficient (Wildman–Crippen LogP) is 2.64. The molecule has 2 aliphatic heterocycles. The van der Waals surface area contributed by atoms with E-state index in [1.54, 1.807) is 6.20 Å². The van der Waals surface area contributed by atoms with Crippen LogP contribution in [0.5, 0.6) is 0 Å². The average Bonchev–Trinajstić information content (AvgIpc) is 3.10. The van der Waals surface area contributed by atoms with Crippen LogP contribution in [0.25, 0.3) is 0 Å². The van der Waals surface area contributed by atoms with Gasteiger partial charge >= 0.3 is 0 Å². The molecule has 30 heavy (non-hydrogen) atoms. The number of furan rings is 1. The molecule has 0 N–H and O–H groups in total. The first-order valence-electron chi connectivity index (χ1n) is 10.8. The van der Waals surface area contributed by atoms with Crippen LogP contribution >= 0.6 is 0 Å². The minimum Gasteiger partial charge on any atom is -0.465 e. The van der Waals surface area contributed by atoms with Crippen molar-refractivity contribution in [2.45, 2.75) is 39.0 Å². The molecule has 162 valence electrons. The van der Waals surface area contributed by atoms with E-state index in [9.17, 15) is 4.79 Å². The van der Waals surface area contributed by atoms with E-state index < -0.39 is 0 Å². The maximum Gasteiger partial charge on any atom is 0.236 e. The third-order valence-electron chi connectivity index (χ3n) is 5.79. The molecule has 0 bridgehead atoms. The summed E-state index contributed by atoms with van der Waals surface area (Å²) >= 11 is 0. The Hall–Kier alpha value is -2.22. The molecule has 4 heterocycles. The number of rotatable bonds is 7. The Balaban J connectivity index is 1.43. The van der Waals surface area contributed by atoms with Gasteiger partial charge in [0.25, 0.3) is 0 Å². The standard InChI is InChI=1S/C23H31N3O4/c1-18-5-6-21(30-18)13-25-14-22(29-17-20-4-2-3-9-24-20)15-26(23(27)16-25)12-19-7-10-28-11-8-19/h2-6,9,19,22H,7-8,10-17H2,1H3. The highest BCUT2D eigenvalue weighted by Crippen LogP contribution is 2.20. The number of aryl methyl sites for hydroxylation is 1. The largest absolute Gasteiger partial charge is 0.465 e. The molecule has 4 rings (SSSR count). The molecule has 1 atom stereocenters. The van der Waals surface area contributed by atoms with Crippen molar-refractivity contribution in [2.75, 3.05) is 39.4 Å². The first-order chi connectivity index (χ1) is 14.7. The molecule has 2 fully saturated rings. The van der Waals surface area contributed by atoms with Crippen molar-refractivity contribution in [3.63, 3.8) is 0 Å². The summed E-state index contributed by atoms with van der Waals surface area (Å²) in [4.78, 5) is 21.5. The van der Waals surface area contributed by atoms with Gasteiger partial charge in [-0.3, -0.25) is 14.7 Å². The normalized spacial score (nSPS) is 21.7. The fourth-order valence-electron chi connectivity index (χ4n) is 4.17. The van der Waals surface area contributed by atoms with Gasteiger partial charge in [-0.1, -0.05) is 6.07 Å². The quantitative estimate of drug-likeness (QED) is 0.695. The van der Waals surface area contributed by atoms with E-state index in [-0.39, 0.29) is 12.0 Å². The second kappa shape index (κ2) is 10.2. The van der Waals surface area contributed by atoms with Gasteiger partial charge in [-0.15, -0.1) is 0 Å². The highest BCUT2D eigenvalue weighted by atomic mass is 16.5. The van der Waals surface area contributed by atoms with Crippen LogP contribution < -0.4 is 0 Å². The van der Waals surface area contributed by atoms with E-state index in [1.807, 2.05) is 42.2 Å². The van der Waals surface area contributed by atoms with Crippen LogP contribution in [0.3, 0.4) is 0 Å². The molecule has 2 aromatic rings. The molecule has 0 aromatic carbocycles. The van der Waals surface area contributed by atoms with Crippen LogP contribution in [0.2, 0.25) is 0 Å². The summed E-state index contributed by atoms with van der Waals surface area (Å²) in [7, 11) is 0. The van der Waals surface area contributed by atoms with Crippen molar-refractivity contribution in [1.82, 2.24) is 14.8 Å². The lowest BCUT2D eigenvalue weighted by molar-refractivity contribution is -0.133. The summed E-state index contributed by atoms with van der Waals surface area (Å²) in [5, 5.41) is 0. The lowest BCUT2D eigenvalue weighted by Crippen LogP contribution is -2.42. The molecule has 7 heteroatoms. The molecule has 1 unspecified atom stereocenters. The third-order valence-corrected chi connectivity index (χ3v) is 5.79. The molecule has 0 radical (unpaired) electrons. The van der Waals surface area contributed by atoms with E-state index in [0.717, 1.165) is 49.8 Å². The van der Waals surface area contributed by atoms with Gasteiger partial charge in [0.05, 0.1) is 31.5 Å². The molecule has 0 spiro atoms. The Kier molecular flexibility index (Phi) is 7.15. The number of ether oxygens (including phenoxy) is 2. The molecule has 2 aliphatic rings. The van der Waals surface area contributed by atoms with Crippen LogP contribution in [0, 0.1) is 12.8 Å². The van der Waals surface area contributed by atoms with E-state index in [2.05, 4.69) is 9.88 Å². The van der Waals surface area contributed by atoms with E-state index >= 15 is 0 Å². The lowest BCUT2D eigenvalue weighted by atomic mass is 9.99. The maximum absolute atomic E-state index is 13.1. The predicted molar refractivity (Wildman–Crippen MR) is 112 cm³/mol. The summed E-state index contributed by atoms with van der Waals surface area (Å²) in [6.45, 7) is 7.01. The number of pyridine rings is 1. The summed E-state index contributed by atoms with van der Waals surface area (Å²) in [5.74, 6) is 2.42. The molecule has 2 saturated heterocycles. The Labute approximate surface area is 178 Å². The molecular weight excluding hydrogens is 382 g/mol. The molecule has 0 aliphatic carbocycles. The third kappa shape index (κ3) is 5.90. The van der Waals surface area contributed by atoms with E-state index in [1.165, 1.54) is 0 Å². The van der Waals surface area contributed by atoms with Crippen molar-refractivity contribution in [3.8, 4) is 0 Å². The number of hydrogen-bond acceptors (Lipinski definition) is 6. The van der Waals surface area contributed by atoms with Crippen molar-refractivity contribution < 1.29 is 18.7 Å². The highest BCUT2D eigenvalue weighted by molar-refractivity contribution is 5.78. The van der Waals surface area contributed by atoms with Gasteiger partial charge < -0.3 is 18.8 Å². The number of aromatic nitrogens is 1. The zero-order chi connectivity index (χ0) is 20.8. The fourth-order valence-corrected chi connectivity index (χ4v) is 4.17. The van der Waals surface area contributed by atoms with Gasteiger partial charge in [0, 0.05) is 39.0 Å². The topological polar surface area (TPSA) is 68.0 Å². The highest BCUT2D eigenvalue weighted by Gasteiger charge is 2.30. The minimum atomic E-state index is -0.0747. The Morgan fingerprint density at radius 3 is 2.77 bits per heavy atom. The average molecular weight is 414 g/mol. The number of nitrogens with zero attached hydrogens (tertiary/aromatic N) is 3. The number of carbonyl (C=O) groups excluding carboxylic acids is 1. The van der Waals surface area contributed by atoms with Gasteiger partial charge in [0.2, 0.25) is 5.91 Å². The molecule has 7 nitrogen and oxygen atoms in total. The van der Waals surface area contributed by atoms with Crippen molar-refractivity contribution in [1.29, 1.82) is 0 Å². The van der Waals surface area contributed by atoms with E-state index in [4.69, 9.17) is 13.9 Å². The van der Waals surface area contributed by atoms with Crippen LogP contribution in [0.15, 0.2) is 40.9 Å². The van der Waals surface area contributed by atoms with Gasteiger partial charge in [-0.2, -0.15) is 0 Å². The van der Waals surface area contributed by atoms with Crippen LogP contribution in [0.4, 0.5) is 0 Å². The van der Waals surface area contributed by atoms with Gasteiger partial charge in [0.15, 0.2) is 0 Å². The number of hydrogen-bond donors (Lipinski definition) is 0. The monoisotopic (exact) mass is 413 g/mol. The Morgan fingerprint density at radius 1 is 1.17 bits per heavy atom. The summed E-state index contributed by atoms with van der Waals surface area (Å²) in [6, 6.07) is 9.77. The van der Waals surface area contributed by atoms with Gasteiger partial charge in [-0.05, 0) is 49.9 Å². The van der Waals surface area contributed by atoms with Crippen molar-refractivity contribution >= 4 is 5.91 Å². The van der Waals surface area contributed by atoms with Gasteiger partial charge in [0.1, 0.15) is 11.5 Å². The SMILES string of the molecule is Cc1ccc(CN2CC(=O)N(CC3CCOCC3)CC(OCc3ccccn3)C2)o1. The maximum atomic E-state index is 13.1. The zero-order valence-corrected chi connectivity index (χ0v) is 17.7. The first-order valence-corrected chi connectivity index (χ1v) is 10.8. The van der Waals surface area contributed by atoms with Crippen molar-refractivity contribution in [3.05, 3.63) is 53.7 Å². The summed E-state index contributed by atoms with van der Waals surface area (Å²) in [6.07, 6.45) is 3.73. The van der Waals surface area contributed by atoms with Crippen LogP contribution in [-0.4, -0.2) is 66.2 Å². The second-order valence-electron chi connectivity index (χ2n) is 8.29. The number of amides is 1. The lowest BCUT2D eigenvalue weighted by Gasteiger charge is -2.30. The Bertz CT molecular complexity index is 804. The first kappa shape index (κ1) is 21.0. The molecule has 0 saturated carbocycles. The Morgan fingerprint density at radius 2 is 2.03 bits per heavy atom. The summed E-state index contributed by atoms with van der Waals surface area (Å²) < 4.78 is 17.5. The smallest absolute Gasteiger partial charge is 0.236 e. The van der Waals surface area contributed by atoms with Crippen molar-refractivity contribution in [2.24, 2.45) is 5.92 Å². The minimum absolute atomic E-state index is 0.0747. The number of carbonyl (C=O) groups is 1. The van der Waals surface area contributed by atoms with Crippen LogP contribution in [0.1, 0.15) is 30.1 Å². The van der Waals surface area contributed by atoms with Gasteiger partial charge in [-0.25, -0.2) is 0 Å². The molecule has 2 aromatic heterocycles. The fraction of sp³-hybridized carbons (Fsp3) is 0.565. The van der Waals surface area contributed by atoms with E-state index in [0.29, 0.717) is 38.7 Å².